The molecule has 0 aliphatic carbocycles. The van der Waals surface area contributed by atoms with Crippen LogP contribution < -0.4 is 12.3 Å². The second-order valence-corrected chi connectivity index (χ2v) is 4.67. The van der Waals surface area contributed by atoms with E-state index < -0.39 is 0 Å². The molecule has 0 aromatic rings. The van der Waals surface area contributed by atoms with Gasteiger partial charge in [0.25, 0.3) is 0 Å². The van der Waals surface area contributed by atoms with E-state index in [4.69, 9.17) is 0 Å². The van der Waals surface area contributed by atoms with E-state index in [0.717, 1.165) is 5.92 Å². The molecular formula is C14H36N2. The summed E-state index contributed by atoms with van der Waals surface area (Å²) in [6.07, 6.45) is 9.68. The molecule has 0 saturated carbocycles. The quantitative estimate of drug-likeness (QED) is 0.560. The molecule has 0 fully saturated rings. The number of hydrogen-bond donors (Lipinski definition) is 2. The fraction of sp³-hybridized carbons (Fsp3) is 1.00. The standard InChI is InChI=1S/C14H30.2H3N/c1-6-11-12-13(7-2)14(8-3,9-4)10-5;;/h13H,6-12H2,1-5H3;2*1H3. The molecule has 0 heterocycles. The summed E-state index contributed by atoms with van der Waals surface area (Å²) in [5.74, 6) is 0.961. The van der Waals surface area contributed by atoms with Crippen molar-refractivity contribution in [2.45, 2.75) is 79.6 Å². The van der Waals surface area contributed by atoms with Gasteiger partial charge in [0.05, 0.1) is 0 Å². The number of hydrogen-bond acceptors (Lipinski definition) is 2. The van der Waals surface area contributed by atoms with Crippen LogP contribution in [-0.2, 0) is 0 Å². The van der Waals surface area contributed by atoms with Gasteiger partial charge in [-0.25, -0.2) is 0 Å². The summed E-state index contributed by atoms with van der Waals surface area (Å²) >= 11 is 0. The summed E-state index contributed by atoms with van der Waals surface area (Å²) in [6, 6.07) is 0. The molecule has 0 aromatic carbocycles. The van der Waals surface area contributed by atoms with Crippen LogP contribution >= 0.6 is 0 Å². The zero-order chi connectivity index (χ0) is 11.0. The summed E-state index contributed by atoms with van der Waals surface area (Å²) in [7, 11) is 0. The molecule has 1 atom stereocenters. The van der Waals surface area contributed by atoms with Crippen molar-refractivity contribution in [1.29, 1.82) is 0 Å². The highest BCUT2D eigenvalue weighted by Gasteiger charge is 2.31. The first-order valence-corrected chi connectivity index (χ1v) is 6.70. The van der Waals surface area contributed by atoms with Crippen molar-refractivity contribution >= 4 is 0 Å². The molecule has 0 aliphatic heterocycles. The topological polar surface area (TPSA) is 70.0 Å². The average molecular weight is 232 g/mol. The van der Waals surface area contributed by atoms with Crippen LogP contribution in [0.5, 0.6) is 0 Å². The Morgan fingerprint density at radius 3 is 1.50 bits per heavy atom. The van der Waals surface area contributed by atoms with E-state index in [2.05, 4.69) is 34.6 Å². The SMILES string of the molecule is CCCCC(CC)C(CC)(CC)CC.N.N. The van der Waals surface area contributed by atoms with Gasteiger partial charge in [-0.05, 0) is 17.8 Å². The van der Waals surface area contributed by atoms with Gasteiger partial charge in [-0.1, -0.05) is 73.1 Å². The van der Waals surface area contributed by atoms with Crippen molar-refractivity contribution in [3.63, 3.8) is 0 Å². The Labute approximate surface area is 104 Å². The van der Waals surface area contributed by atoms with Crippen molar-refractivity contribution < 1.29 is 0 Å². The largest absolute Gasteiger partial charge is 0.344 e. The first-order valence-electron chi connectivity index (χ1n) is 6.70. The molecule has 6 N–H and O–H groups in total. The molecule has 102 valence electrons. The van der Waals surface area contributed by atoms with Crippen LogP contribution in [0.25, 0.3) is 0 Å². The zero-order valence-electron chi connectivity index (χ0n) is 12.4. The fourth-order valence-electron chi connectivity index (χ4n) is 3.01. The third-order valence-corrected chi connectivity index (χ3v) is 4.38. The maximum atomic E-state index is 2.38. The molecule has 0 amide bonds. The van der Waals surface area contributed by atoms with Crippen LogP contribution in [0.4, 0.5) is 0 Å². The van der Waals surface area contributed by atoms with E-state index in [1.165, 1.54) is 44.9 Å². The molecule has 0 saturated heterocycles. The smallest absolute Gasteiger partial charge is 0.0277 e. The number of unbranched alkanes of at least 4 members (excludes halogenated alkanes) is 1. The van der Waals surface area contributed by atoms with Gasteiger partial charge in [-0.15, -0.1) is 0 Å². The van der Waals surface area contributed by atoms with E-state index >= 15 is 0 Å². The average Bonchev–Trinajstić information content (AvgIpc) is 2.25. The third kappa shape index (κ3) is 5.31. The Morgan fingerprint density at radius 1 is 0.812 bits per heavy atom. The lowest BCUT2D eigenvalue weighted by atomic mass is 9.66. The maximum Gasteiger partial charge on any atom is -0.0277 e. The van der Waals surface area contributed by atoms with Gasteiger partial charge in [0, 0.05) is 0 Å². The van der Waals surface area contributed by atoms with Gasteiger partial charge in [0.15, 0.2) is 0 Å². The normalized spacial score (nSPS) is 12.6. The van der Waals surface area contributed by atoms with Gasteiger partial charge >= 0.3 is 0 Å². The molecule has 16 heavy (non-hydrogen) atoms. The van der Waals surface area contributed by atoms with Gasteiger partial charge in [-0.3, -0.25) is 0 Å². The summed E-state index contributed by atoms with van der Waals surface area (Å²) < 4.78 is 0. The predicted molar refractivity (Wildman–Crippen MR) is 76.7 cm³/mol. The Bertz CT molecular complexity index is 122. The van der Waals surface area contributed by atoms with Crippen molar-refractivity contribution in [2.75, 3.05) is 0 Å². The van der Waals surface area contributed by atoms with E-state index in [1.54, 1.807) is 0 Å². The molecule has 0 rings (SSSR count). The van der Waals surface area contributed by atoms with Gasteiger partial charge in [0.1, 0.15) is 0 Å². The number of rotatable bonds is 8. The predicted octanol–water partition coefficient (Wildman–Crippen LogP) is 5.74. The minimum absolute atomic E-state index is 0. The summed E-state index contributed by atoms with van der Waals surface area (Å²) in [6.45, 7) is 11.8. The maximum absolute atomic E-state index is 2.38. The molecule has 0 spiro atoms. The van der Waals surface area contributed by atoms with Crippen LogP contribution in [0.3, 0.4) is 0 Å². The molecule has 2 heteroatoms. The lowest BCUT2D eigenvalue weighted by Crippen LogP contribution is -2.28. The molecular weight excluding hydrogens is 196 g/mol. The van der Waals surface area contributed by atoms with Crippen molar-refractivity contribution in [3.05, 3.63) is 0 Å². The van der Waals surface area contributed by atoms with Gasteiger partial charge in [0.2, 0.25) is 0 Å². The Hall–Kier alpha value is -0.0800. The van der Waals surface area contributed by atoms with Crippen molar-refractivity contribution in [1.82, 2.24) is 12.3 Å². The Kier molecular flexibility index (Phi) is 15.1. The Balaban J connectivity index is -0.000000845. The van der Waals surface area contributed by atoms with Crippen LogP contribution in [0, 0.1) is 11.3 Å². The molecule has 0 radical (unpaired) electrons. The van der Waals surface area contributed by atoms with Crippen LogP contribution in [0.1, 0.15) is 79.6 Å². The van der Waals surface area contributed by atoms with E-state index in [9.17, 15) is 0 Å². The van der Waals surface area contributed by atoms with Gasteiger partial charge < -0.3 is 12.3 Å². The highest BCUT2D eigenvalue weighted by atomic mass is 14.4. The first-order chi connectivity index (χ1) is 6.70. The lowest BCUT2D eigenvalue weighted by Gasteiger charge is -2.39. The molecule has 0 aliphatic rings. The van der Waals surface area contributed by atoms with E-state index in [0.29, 0.717) is 5.41 Å². The van der Waals surface area contributed by atoms with E-state index in [1.807, 2.05) is 0 Å². The van der Waals surface area contributed by atoms with Gasteiger partial charge in [-0.2, -0.15) is 0 Å². The first kappa shape index (κ1) is 21.2. The lowest BCUT2D eigenvalue weighted by molar-refractivity contribution is 0.119. The Morgan fingerprint density at radius 2 is 1.25 bits per heavy atom. The minimum atomic E-state index is 0. The van der Waals surface area contributed by atoms with Crippen LogP contribution in [0.2, 0.25) is 0 Å². The highest BCUT2D eigenvalue weighted by molar-refractivity contribution is 4.82. The monoisotopic (exact) mass is 232 g/mol. The molecule has 1 unspecified atom stereocenters. The van der Waals surface area contributed by atoms with Crippen LogP contribution in [0.15, 0.2) is 0 Å². The molecule has 0 bridgehead atoms. The second-order valence-electron chi connectivity index (χ2n) is 4.67. The summed E-state index contributed by atoms with van der Waals surface area (Å²) in [4.78, 5) is 0. The molecule has 0 aromatic heterocycles. The minimum Gasteiger partial charge on any atom is -0.344 e. The highest BCUT2D eigenvalue weighted by Crippen LogP contribution is 2.42. The third-order valence-electron chi connectivity index (χ3n) is 4.38. The second kappa shape index (κ2) is 11.4. The fourth-order valence-corrected chi connectivity index (χ4v) is 3.01. The van der Waals surface area contributed by atoms with Crippen LogP contribution in [-0.4, -0.2) is 0 Å². The summed E-state index contributed by atoms with van der Waals surface area (Å²) in [5, 5.41) is 0. The van der Waals surface area contributed by atoms with Crippen molar-refractivity contribution in [3.8, 4) is 0 Å². The summed E-state index contributed by atoms with van der Waals surface area (Å²) in [5.41, 5.74) is 0.643. The zero-order valence-corrected chi connectivity index (χ0v) is 12.4. The van der Waals surface area contributed by atoms with E-state index in [-0.39, 0.29) is 12.3 Å². The van der Waals surface area contributed by atoms with Crippen molar-refractivity contribution in [2.24, 2.45) is 11.3 Å². The molecule has 2 nitrogen and oxygen atoms in total.